The van der Waals surface area contributed by atoms with Crippen LogP contribution in [0.3, 0.4) is 0 Å². The zero-order valence-corrected chi connectivity index (χ0v) is 24.5. The maximum Gasteiger partial charge on any atom is 0.303 e. The Hall–Kier alpha value is -2.03. The number of ketones is 1. The van der Waals surface area contributed by atoms with Gasteiger partial charge in [0.15, 0.2) is 11.6 Å². The van der Waals surface area contributed by atoms with Gasteiger partial charge in [-0.2, -0.15) is 0 Å². The molecule has 0 bridgehead atoms. The highest BCUT2D eigenvalue weighted by molar-refractivity contribution is 6.01. The Kier molecular flexibility index (Phi) is 8.00. The van der Waals surface area contributed by atoms with Gasteiger partial charge in [0, 0.05) is 31.6 Å². The number of carbonyl (C=O) groups is 3. The monoisotopic (exact) mass is 546 g/mol. The molecule has 0 aromatic heterocycles. The number of carbonyl (C=O) groups excluding carboxylic acids is 3. The van der Waals surface area contributed by atoms with Crippen LogP contribution < -0.4 is 0 Å². The summed E-state index contributed by atoms with van der Waals surface area (Å²) in [4.78, 5) is 36.4. The number of allylic oxidation sites excluding steroid dienone is 4. The first kappa shape index (κ1) is 29.9. The highest BCUT2D eigenvalue weighted by Crippen LogP contribution is 2.65. The van der Waals surface area contributed by atoms with Crippen molar-refractivity contribution in [1.82, 2.24) is 0 Å². The van der Waals surface area contributed by atoms with Crippen LogP contribution in [0.15, 0.2) is 23.8 Å². The molecule has 2 saturated carbocycles. The van der Waals surface area contributed by atoms with Gasteiger partial charge < -0.3 is 24.4 Å². The predicted molar refractivity (Wildman–Crippen MR) is 144 cm³/mol. The third-order valence-corrected chi connectivity index (χ3v) is 10.3. The van der Waals surface area contributed by atoms with E-state index in [-0.39, 0.29) is 24.0 Å². The molecule has 0 radical (unpaired) electrons. The molecule has 0 aromatic rings. The highest BCUT2D eigenvalue weighted by atomic mass is 16.7. The summed E-state index contributed by atoms with van der Waals surface area (Å²) in [6, 6.07) is 0. The minimum absolute atomic E-state index is 0.0341. The average Bonchev–Trinajstić information content (AvgIpc) is 3.20. The Bertz CT molecular complexity index is 1060. The van der Waals surface area contributed by atoms with Crippen molar-refractivity contribution in [2.75, 3.05) is 0 Å². The normalized spacial score (nSPS) is 41.0. The van der Waals surface area contributed by atoms with Crippen molar-refractivity contribution in [3.05, 3.63) is 23.8 Å². The molecule has 4 aliphatic rings. The molecule has 218 valence electrons. The van der Waals surface area contributed by atoms with E-state index in [1.54, 1.807) is 19.1 Å². The number of esters is 2. The molecule has 0 aromatic carbocycles. The van der Waals surface area contributed by atoms with Crippen molar-refractivity contribution in [3.63, 3.8) is 0 Å². The molecule has 1 saturated heterocycles. The average molecular weight is 547 g/mol. The Labute approximate surface area is 232 Å². The van der Waals surface area contributed by atoms with Gasteiger partial charge in [0.25, 0.3) is 0 Å². The Morgan fingerprint density at radius 2 is 1.77 bits per heavy atom. The zero-order valence-electron chi connectivity index (χ0n) is 24.5. The number of aliphatic hydroxyl groups is 2. The fourth-order valence-corrected chi connectivity index (χ4v) is 7.94. The first-order valence-corrected chi connectivity index (χ1v) is 14.5. The van der Waals surface area contributed by atoms with Crippen LogP contribution in [0.1, 0.15) is 93.4 Å². The molecule has 9 atom stereocenters. The summed E-state index contributed by atoms with van der Waals surface area (Å²) in [5.74, 6) is -3.00. The zero-order chi connectivity index (χ0) is 29.0. The molecule has 1 unspecified atom stereocenters. The first-order valence-electron chi connectivity index (χ1n) is 14.5. The van der Waals surface area contributed by atoms with E-state index in [1.165, 1.54) is 13.8 Å². The topological polar surface area (TPSA) is 119 Å². The Balaban J connectivity index is 1.74. The minimum Gasteiger partial charge on any atom is -0.462 e. The lowest BCUT2D eigenvalue weighted by atomic mass is 9.47. The van der Waals surface area contributed by atoms with Gasteiger partial charge in [-0.05, 0) is 75.4 Å². The fourth-order valence-electron chi connectivity index (χ4n) is 7.94. The summed E-state index contributed by atoms with van der Waals surface area (Å²) in [5.41, 5.74) is -2.21. The molecular weight excluding hydrogens is 500 g/mol. The second kappa shape index (κ2) is 10.4. The Morgan fingerprint density at radius 1 is 1.08 bits per heavy atom. The van der Waals surface area contributed by atoms with Gasteiger partial charge in [-0.25, -0.2) is 0 Å². The van der Waals surface area contributed by atoms with Crippen molar-refractivity contribution in [3.8, 4) is 0 Å². The summed E-state index contributed by atoms with van der Waals surface area (Å²) < 4.78 is 18.2. The summed E-state index contributed by atoms with van der Waals surface area (Å²) in [6.07, 6.45) is 7.60. The third kappa shape index (κ3) is 5.13. The quantitative estimate of drug-likeness (QED) is 0.451. The summed E-state index contributed by atoms with van der Waals surface area (Å²) in [5, 5.41) is 24.2. The molecule has 3 aliphatic carbocycles. The first-order chi connectivity index (χ1) is 18.1. The number of hydrogen-bond donors (Lipinski definition) is 2. The van der Waals surface area contributed by atoms with E-state index in [1.807, 2.05) is 13.0 Å². The summed E-state index contributed by atoms with van der Waals surface area (Å²) in [7, 11) is 0. The van der Waals surface area contributed by atoms with Crippen molar-refractivity contribution in [2.24, 2.45) is 29.1 Å². The molecule has 1 aliphatic heterocycles. The van der Waals surface area contributed by atoms with E-state index in [4.69, 9.17) is 14.2 Å². The van der Waals surface area contributed by atoms with E-state index < -0.39 is 52.5 Å². The van der Waals surface area contributed by atoms with Gasteiger partial charge >= 0.3 is 11.9 Å². The van der Waals surface area contributed by atoms with Crippen molar-refractivity contribution < 1.29 is 38.8 Å². The highest BCUT2D eigenvalue weighted by Gasteiger charge is 2.71. The van der Waals surface area contributed by atoms with Crippen molar-refractivity contribution in [1.29, 1.82) is 0 Å². The van der Waals surface area contributed by atoms with Crippen molar-refractivity contribution >= 4 is 17.7 Å². The second-order valence-corrected chi connectivity index (χ2v) is 13.2. The van der Waals surface area contributed by atoms with Gasteiger partial charge in [0.2, 0.25) is 0 Å². The van der Waals surface area contributed by atoms with E-state index >= 15 is 0 Å². The summed E-state index contributed by atoms with van der Waals surface area (Å²) in [6.45, 7) is 12.5. The molecule has 1 spiro atoms. The molecular formula is C31H46O8. The molecule has 39 heavy (non-hydrogen) atoms. The van der Waals surface area contributed by atoms with Crippen LogP contribution >= 0.6 is 0 Å². The van der Waals surface area contributed by atoms with Crippen LogP contribution in [0.5, 0.6) is 0 Å². The number of fused-ring (bicyclic) bond motifs is 4. The van der Waals surface area contributed by atoms with Crippen LogP contribution in [-0.2, 0) is 28.6 Å². The van der Waals surface area contributed by atoms with Crippen LogP contribution in [0.2, 0.25) is 0 Å². The largest absolute Gasteiger partial charge is 0.462 e. The van der Waals surface area contributed by atoms with Crippen molar-refractivity contribution in [2.45, 2.75) is 123 Å². The smallest absolute Gasteiger partial charge is 0.303 e. The lowest BCUT2D eigenvalue weighted by Crippen LogP contribution is -2.71. The lowest BCUT2D eigenvalue weighted by molar-refractivity contribution is -0.340. The van der Waals surface area contributed by atoms with Gasteiger partial charge in [-0.3, -0.25) is 14.4 Å². The van der Waals surface area contributed by atoms with Crippen LogP contribution in [0.25, 0.3) is 0 Å². The van der Waals surface area contributed by atoms with Gasteiger partial charge in [-0.1, -0.05) is 39.3 Å². The van der Waals surface area contributed by atoms with E-state index in [0.29, 0.717) is 38.0 Å². The standard InChI is InChI=1S/C31H46O8/c1-18(2)8-11-26(37-20(4)32)19(3)31(36)15-14-30(39-31)24-10-9-22-16-23(34)12-13-28(22,6)25(24)17-27(29(30,7)35)38-21(5)33/h12-13,16,18-19,24-27,35-36H,8-11,14-15,17H2,1-7H3/t19-,24+,25-,26?,27-,28-,29-,30+,31-/m0/s1. The third-order valence-electron chi connectivity index (χ3n) is 10.3. The fraction of sp³-hybridized carbons (Fsp3) is 0.774. The maximum atomic E-state index is 12.2. The molecule has 3 fully saturated rings. The van der Waals surface area contributed by atoms with E-state index in [0.717, 1.165) is 12.0 Å². The van der Waals surface area contributed by atoms with Gasteiger partial charge in [-0.15, -0.1) is 0 Å². The lowest BCUT2D eigenvalue weighted by Gasteiger charge is -2.62. The number of hydrogen-bond acceptors (Lipinski definition) is 8. The minimum atomic E-state index is -1.65. The van der Waals surface area contributed by atoms with Gasteiger partial charge in [0.05, 0.1) is 0 Å². The molecule has 8 heteroatoms. The van der Waals surface area contributed by atoms with Crippen LogP contribution in [0.4, 0.5) is 0 Å². The maximum absolute atomic E-state index is 12.2. The van der Waals surface area contributed by atoms with Gasteiger partial charge in [0.1, 0.15) is 23.4 Å². The predicted octanol–water partition coefficient (Wildman–Crippen LogP) is 4.41. The van der Waals surface area contributed by atoms with E-state index in [9.17, 15) is 24.6 Å². The molecule has 2 N–H and O–H groups in total. The van der Waals surface area contributed by atoms with E-state index in [2.05, 4.69) is 20.8 Å². The summed E-state index contributed by atoms with van der Waals surface area (Å²) >= 11 is 0. The number of rotatable bonds is 7. The molecule has 0 amide bonds. The second-order valence-electron chi connectivity index (χ2n) is 13.2. The van der Waals surface area contributed by atoms with Crippen LogP contribution in [0, 0.1) is 29.1 Å². The number of ether oxygens (including phenoxy) is 3. The van der Waals surface area contributed by atoms with Crippen LogP contribution in [-0.4, -0.2) is 57.1 Å². The molecule has 4 rings (SSSR count). The SMILES string of the molecule is CC(=O)OC(CCC(C)C)[C@H](C)[C@]1(O)CC[C@@]2(O1)[C@@H]1CCC3=CC(=O)C=C[C@]3(C)[C@H]1C[C@H](OC(C)=O)[C@]2(C)O. The Morgan fingerprint density at radius 3 is 2.38 bits per heavy atom. The molecule has 8 nitrogen and oxygen atoms in total. The molecule has 1 heterocycles.